The van der Waals surface area contributed by atoms with Crippen LogP contribution >= 0.6 is 12.2 Å². The molecule has 0 aliphatic carbocycles. The third-order valence-corrected chi connectivity index (χ3v) is 3.50. The quantitative estimate of drug-likeness (QED) is 0.843. The Hall–Kier alpha value is -1.81. The highest BCUT2D eigenvalue weighted by atomic mass is 32.1. The van der Waals surface area contributed by atoms with Crippen molar-refractivity contribution in [3.63, 3.8) is 0 Å². The summed E-state index contributed by atoms with van der Waals surface area (Å²) >= 11 is 5.31. The van der Waals surface area contributed by atoms with Gasteiger partial charge in [0.1, 0.15) is 5.76 Å². The number of rotatable bonds is 4. The highest BCUT2D eigenvalue weighted by Crippen LogP contribution is 2.18. The van der Waals surface area contributed by atoms with Crippen LogP contribution in [0.2, 0.25) is 0 Å². The highest BCUT2D eigenvalue weighted by molar-refractivity contribution is 7.80. The topological polar surface area (TPSA) is 37.2 Å². The van der Waals surface area contributed by atoms with Crippen molar-refractivity contribution in [1.82, 2.24) is 10.6 Å². The van der Waals surface area contributed by atoms with E-state index in [0.29, 0.717) is 11.7 Å². The first-order valence-electron chi connectivity index (χ1n) is 6.70. The van der Waals surface area contributed by atoms with E-state index in [4.69, 9.17) is 16.6 Å². The Morgan fingerprint density at radius 2 is 2.10 bits per heavy atom. The average Bonchev–Trinajstić information content (AvgIpc) is 2.89. The van der Waals surface area contributed by atoms with Crippen molar-refractivity contribution in [2.75, 3.05) is 0 Å². The molecule has 0 bridgehead atoms. The standard InChI is InChI=1S/C16H20N2OS/c1-11-6-7-15(12(2)9-11)13(3)18-16(20)17-10-14-5-4-8-19-14/h4-9,13H,10H2,1-3H3,(H2,17,18,20). The minimum absolute atomic E-state index is 0.173. The lowest BCUT2D eigenvalue weighted by atomic mass is 10.0. The second-order valence-electron chi connectivity index (χ2n) is 4.99. The van der Waals surface area contributed by atoms with E-state index in [-0.39, 0.29) is 6.04 Å². The summed E-state index contributed by atoms with van der Waals surface area (Å²) in [4.78, 5) is 0. The molecule has 106 valence electrons. The van der Waals surface area contributed by atoms with Gasteiger partial charge in [-0.2, -0.15) is 0 Å². The van der Waals surface area contributed by atoms with E-state index in [2.05, 4.69) is 49.6 Å². The normalized spacial score (nSPS) is 11.9. The zero-order valence-electron chi connectivity index (χ0n) is 12.1. The van der Waals surface area contributed by atoms with Crippen LogP contribution in [0.4, 0.5) is 0 Å². The van der Waals surface area contributed by atoms with Crippen molar-refractivity contribution >= 4 is 17.3 Å². The lowest BCUT2D eigenvalue weighted by Crippen LogP contribution is -2.36. The molecule has 0 saturated heterocycles. The van der Waals surface area contributed by atoms with Gasteiger partial charge in [0.05, 0.1) is 18.8 Å². The van der Waals surface area contributed by atoms with Gasteiger partial charge >= 0.3 is 0 Å². The van der Waals surface area contributed by atoms with Gasteiger partial charge in [-0.1, -0.05) is 23.8 Å². The molecule has 3 nitrogen and oxygen atoms in total. The average molecular weight is 288 g/mol. The fourth-order valence-corrected chi connectivity index (χ4v) is 2.47. The van der Waals surface area contributed by atoms with E-state index in [0.717, 1.165) is 5.76 Å². The van der Waals surface area contributed by atoms with Crippen LogP contribution in [0.25, 0.3) is 0 Å². The Kier molecular flexibility index (Phi) is 4.79. The predicted molar refractivity (Wildman–Crippen MR) is 85.6 cm³/mol. The number of hydrogen-bond acceptors (Lipinski definition) is 2. The third kappa shape index (κ3) is 3.84. The summed E-state index contributed by atoms with van der Waals surface area (Å²) in [5, 5.41) is 7.07. The van der Waals surface area contributed by atoms with Crippen LogP contribution in [-0.2, 0) is 6.54 Å². The number of furan rings is 1. The minimum Gasteiger partial charge on any atom is -0.467 e. The number of hydrogen-bond donors (Lipinski definition) is 2. The van der Waals surface area contributed by atoms with Crippen LogP contribution in [0, 0.1) is 13.8 Å². The van der Waals surface area contributed by atoms with Crippen LogP contribution in [0.3, 0.4) is 0 Å². The lowest BCUT2D eigenvalue weighted by Gasteiger charge is -2.19. The molecule has 0 aliphatic heterocycles. The third-order valence-electron chi connectivity index (χ3n) is 3.24. The zero-order valence-corrected chi connectivity index (χ0v) is 12.9. The van der Waals surface area contributed by atoms with Crippen LogP contribution in [0.5, 0.6) is 0 Å². The Balaban J connectivity index is 1.90. The van der Waals surface area contributed by atoms with Crippen molar-refractivity contribution in [2.45, 2.75) is 33.4 Å². The molecule has 2 rings (SSSR count). The van der Waals surface area contributed by atoms with Gasteiger partial charge in [0.15, 0.2) is 5.11 Å². The summed E-state index contributed by atoms with van der Waals surface area (Å²) in [5.41, 5.74) is 3.81. The molecule has 0 saturated carbocycles. The maximum atomic E-state index is 5.31. The first kappa shape index (κ1) is 14.6. The summed E-state index contributed by atoms with van der Waals surface area (Å²) in [7, 11) is 0. The Bertz CT molecular complexity index is 578. The van der Waals surface area contributed by atoms with Gasteiger partial charge in [0.2, 0.25) is 0 Å². The molecular formula is C16H20N2OS. The minimum atomic E-state index is 0.173. The zero-order chi connectivity index (χ0) is 14.5. The van der Waals surface area contributed by atoms with Gasteiger partial charge in [-0.3, -0.25) is 0 Å². The molecule has 0 fully saturated rings. The molecule has 0 aliphatic rings. The summed E-state index contributed by atoms with van der Waals surface area (Å²) in [6.07, 6.45) is 1.66. The SMILES string of the molecule is Cc1ccc(C(C)NC(=S)NCc2ccco2)c(C)c1. The number of thiocarbonyl (C=S) groups is 1. The summed E-state index contributed by atoms with van der Waals surface area (Å²) in [5.74, 6) is 0.869. The summed E-state index contributed by atoms with van der Waals surface area (Å²) in [6.45, 7) is 6.93. The number of aryl methyl sites for hydroxylation is 2. The van der Waals surface area contributed by atoms with Gasteiger partial charge in [-0.05, 0) is 56.2 Å². The largest absolute Gasteiger partial charge is 0.467 e. The van der Waals surface area contributed by atoms with Crippen molar-refractivity contribution in [1.29, 1.82) is 0 Å². The fraction of sp³-hybridized carbons (Fsp3) is 0.312. The highest BCUT2D eigenvalue weighted by Gasteiger charge is 2.09. The van der Waals surface area contributed by atoms with Gasteiger partial charge in [0, 0.05) is 0 Å². The van der Waals surface area contributed by atoms with Gasteiger partial charge in [-0.25, -0.2) is 0 Å². The lowest BCUT2D eigenvalue weighted by molar-refractivity contribution is 0.501. The van der Waals surface area contributed by atoms with Gasteiger partial charge in [-0.15, -0.1) is 0 Å². The molecule has 2 N–H and O–H groups in total. The second-order valence-corrected chi connectivity index (χ2v) is 5.40. The number of benzene rings is 1. The monoisotopic (exact) mass is 288 g/mol. The van der Waals surface area contributed by atoms with Crippen molar-refractivity contribution < 1.29 is 4.42 Å². The Labute approximate surface area is 125 Å². The van der Waals surface area contributed by atoms with E-state index < -0.39 is 0 Å². The molecule has 1 atom stereocenters. The Morgan fingerprint density at radius 1 is 1.30 bits per heavy atom. The van der Waals surface area contributed by atoms with Crippen LogP contribution in [0.15, 0.2) is 41.0 Å². The van der Waals surface area contributed by atoms with Gasteiger partial charge in [0.25, 0.3) is 0 Å². The predicted octanol–water partition coefficient (Wildman–Crippen LogP) is 3.62. The summed E-state index contributed by atoms with van der Waals surface area (Å²) < 4.78 is 5.26. The van der Waals surface area contributed by atoms with Crippen LogP contribution in [-0.4, -0.2) is 5.11 Å². The molecule has 0 amide bonds. The van der Waals surface area contributed by atoms with Crippen molar-refractivity contribution in [3.05, 3.63) is 59.0 Å². The first-order valence-corrected chi connectivity index (χ1v) is 7.11. The molecule has 1 unspecified atom stereocenters. The second kappa shape index (κ2) is 6.57. The van der Waals surface area contributed by atoms with E-state index >= 15 is 0 Å². The van der Waals surface area contributed by atoms with Crippen molar-refractivity contribution in [3.8, 4) is 0 Å². The maximum Gasteiger partial charge on any atom is 0.167 e. The molecule has 1 aromatic heterocycles. The molecule has 4 heteroatoms. The molecule has 0 spiro atoms. The molecule has 2 aromatic rings. The van der Waals surface area contributed by atoms with E-state index in [1.54, 1.807) is 6.26 Å². The van der Waals surface area contributed by atoms with Crippen LogP contribution < -0.4 is 10.6 Å². The summed E-state index contributed by atoms with van der Waals surface area (Å²) in [6, 6.07) is 10.4. The van der Waals surface area contributed by atoms with Gasteiger partial charge < -0.3 is 15.1 Å². The fourth-order valence-electron chi connectivity index (χ4n) is 2.22. The molecular weight excluding hydrogens is 268 g/mol. The Morgan fingerprint density at radius 3 is 2.75 bits per heavy atom. The van der Waals surface area contributed by atoms with E-state index in [1.807, 2.05) is 12.1 Å². The molecule has 1 heterocycles. The van der Waals surface area contributed by atoms with Crippen molar-refractivity contribution in [2.24, 2.45) is 0 Å². The molecule has 0 radical (unpaired) electrons. The van der Waals surface area contributed by atoms with E-state index in [9.17, 15) is 0 Å². The van der Waals surface area contributed by atoms with Crippen LogP contribution in [0.1, 0.15) is 35.4 Å². The van der Waals surface area contributed by atoms with E-state index in [1.165, 1.54) is 16.7 Å². The number of nitrogens with one attached hydrogen (secondary N) is 2. The molecule has 1 aromatic carbocycles. The first-order chi connectivity index (χ1) is 9.56. The molecule has 20 heavy (non-hydrogen) atoms. The maximum absolute atomic E-state index is 5.31. The smallest absolute Gasteiger partial charge is 0.167 e.